The van der Waals surface area contributed by atoms with Gasteiger partial charge < -0.3 is 20.5 Å². The highest BCUT2D eigenvalue weighted by Gasteiger charge is 2.35. The Morgan fingerprint density at radius 3 is 2.29 bits per heavy atom. The SMILES string of the molecule is Cc1ccc(/C(O)=C(/C=N)C(=O)N2CCC(O)(Cc3ccccc3)CC2)cc1. The van der Waals surface area contributed by atoms with Gasteiger partial charge in [0.15, 0.2) is 0 Å². The lowest BCUT2D eigenvalue weighted by atomic mass is 9.85. The number of aryl methyl sites for hydroxylation is 1. The van der Waals surface area contributed by atoms with Gasteiger partial charge in [-0.25, -0.2) is 0 Å². The van der Waals surface area contributed by atoms with Gasteiger partial charge in [-0.15, -0.1) is 0 Å². The number of aliphatic hydroxyl groups is 2. The van der Waals surface area contributed by atoms with E-state index in [9.17, 15) is 15.0 Å². The molecule has 0 aromatic heterocycles. The number of nitrogens with zero attached hydrogens (tertiary/aromatic N) is 1. The number of benzene rings is 2. The third kappa shape index (κ3) is 4.49. The second kappa shape index (κ2) is 8.40. The monoisotopic (exact) mass is 378 g/mol. The molecule has 5 heteroatoms. The Kier molecular flexibility index (Phi) is 5.95. The van der Waals surface area contributed by atoms with Crippen LogP contribution >= 0.6 is 0 Å². The number of likely N-dealkylation sites (tertiary alicyclic amines) is 1. The summed E-state index contributed by atoms with van der Waals surface area (Å²) in [4.78, 5) is 14.5. The summed E-state index contributed by atoms with van der Waals surface area (Å²) in [5.41, 5.74) is 1.76. The van der Waals surface area contributed by atoms with Crippen molar-refractivity contribution in [3.63, 3.8) is 0 Å². The molecule has 3 rings (SSSR count). The van der Waals surface area contributed by atoms with Crippen LogP contribution in [-0.4, -0.2) is 45.9 Å². The van der Waals surface area contributed by atoms with E-state index in [1.807, 2.05) is 49.4 Å². The lowest BCUT2D eigenvalue weighted by Crippen LogP contribution is -2.48. The van der Waals surface area contributed by atoms with Gasteiger partial charge in [0.2, 0.25) is 0 Å². The lowest BCUT2D eigenvalue weighted by Gasteiger charge is -2.38. The Morgan fingerprint density at radius 2 is 1.71 bits per heavy atom. The highest BCUT2D eigenvalue weighted by atomic mass is 16.3. The van der Waals surface area contributed by atoms with Crippen LogP contribution < -0.4 is 0 Å². The summed E-state index contributed by atoms with van der Waals surface area (Å²) in [5.74, 6) is -0.569. The van der Waals surface area contributed by atoms with Gasteiger partial charge >= 0.3 is 0 Å². The minimum absolute atomic E-state index is 0.0302. The summed E-state index contributed by atoms with van der Waals surface area (Å²) >= 11 is 0. The van der Waals surface area contributed by atoms with Gasteiger partial charge in [0, 0.05) is 31.3 Å². The molecule has 1 heterocycles. The fraction of sp³-hybridized carbons (Fsp3) is 0.304. The average molecular weight is 378 g/mol. The summed E-state index contributed by atoms with van der Waals surface area (Å²) in [6, 6.07) is 17.0. The van der Waals surface area contributed by atoms with Crippen molar-refractivity contribution in [1.29, 1.82) is 5.41 Å². The fourth-order valence-corrected chi connectivity index (χ4v) is 3.55. The standard InChI is InChI=1S/C23H26N2O3/c1-17-7-9-19(10-8-17)21(26)20(16-24)22(27)25-13-11-23(28,12-14-25)15-18-5-3-2-4-6-18/h2-10,16,24,26,28H,11-15H2,1H3/b21-20+,24-16?. The van der Waals surface area contributed by atoms with E-state index >= 15 is 0 Å². The van der Waals surface area contributed by atoms with Gasteiger partial charge in [0.1, 0.15) is 5.76 Å². The smallest absolute Gasteiger partial charge is 0.259 e. The number of rotatable bonds is 5. The first-order valence-electron chi connectivity index (χ1n) is 9.48. The molecule has 2 aromatic rings. The first kappa shape index (κ1) is 19.8. The van der Waals surface area contributed by atoms with Crippen LogP contribution in [0.25, 0.3) is 5.76 Å². The molecule has 1 aliphatic rings. The van der Waals surface area contributed by atoms with Gasteiger partial charge in [0.05, 0.1) is 11.2 Å². The molecular weight excluding hydrogens is 352 g/mol. The third-order valence-corrected chi connectivity index (χ3v) is 5.31. The summed E-state index contributed by atoms with van der Waals surface area (Å²) in [6.45, 7) is 2.72. The molecule has 0 atom stereocenters. The Hall–Kier alpha value is -2.92. The van der Waals surface area contributed by atoms with E-state index in [0.29, 0.717) is 37.9 Å². The molecule has 0 bridgehead atoms. The van der Waals surface area contributed by atoms with Crippen molar-refractivity contribution in [2.24, 2.45) is 0 Å². The number of carbonyl (C=O) groups is 1. The molecule has 3 N–H and O–H groups in total. The van der Waals surface area contributed by atoms with Crippen molar-refractivity contribution in [2.45, 2.75) is 31.8 Å². The first-order chi connectivity index (χ1) is 13.4. The van der Waals surface area contributed by atoms with Gasteiger partial charge in [0.25, 0.3) is 5.91 Å². The van der Waals surface area contributed by atoms with Gasteiger partial charge in [-0.2, -0.15) is 0 Å². The molecule has 1 aliphatic heterocycles. The van der Waals surface area contributed by atoms with E-state index in [2.05, 4.69) is 0 Å². The number of carbonyl (C=O) groups excluding carboxylic acids is 1. The van der Waals surface area contributed by atoms with Crippen LogP contribution in [-0.2, 0) is 11.2 Å². The molecule has 0 saturated carbocycles. The molecule has 28 heavy (non-hydrogen) atoms. The van der Waals surface area contributed by atoms with E-state index in [-0.39, 0.29) is 17.2 Å². The van der Waals surface area contributed by atoms with E-state index in [4.69, 9.17) is 5.41 Å². The zero-order valence-corrected chi connectivity index (χ0v) is 16.1. The van der Waals surface area contributed by atoms with Crippen molar-refractivity contribution < 1.29 is 15.0 Å². The highest BCUT2D eigenvalue weighted by molar-refractivity contribution is 6.16. The average Bonchev–Trinajstić information content (AvgIpc) is 2.70. The van der Waals surface area contributed by atoms with Crippen LogP contribution in [0.2, 0.25) is 0 Å². The Morgan fingerprint density at radius 1 is 1.11 bits per heavy atom. The molecular formula is C23H26N2O3. The zero-order valence-electron chi connectivity index (χ0n) is 16.1. The summed E-state index contributed by atoms with van der Waals surface area (Å²) in [5, 5.41) is 29.0. The maximum absolute atomic E-state index is 12.9. The molecule has 0 unspecified atom stereocenters. The number of hydrogen-bond acceptors (Lipinski definition) is 4. The van der Waals surface area contributed by atoms with Crippen LogP contribution in [0.3, 0.4) is 0 Å². The van der Waals surface area contributed by atoms with Crippen LogP contribution in [0.1, 0.15) is 29.5 Å². The second-order valence-corrected chi connectivity index (χ2v) is 7.45. The Labute approximate surface area is 165 Å². The van der Waals surface area contributed by atoms with E-state index in [1.54, 1.807) is 17.0 Å². The van der Waals surface area contributed by atoms with Gasteiger partial charge in [-0.05, 0) is 25.3 Å². The predicted octanol–water partition coefficient (Wildman–Crippen LogP) is 3.51. The maximum atomic E-state index is 12.9. The summed E-state index contributed by atoms with van der Waals surface area (Å²) in [7, 11) is 0. The fourth-order valence-electron chi connectivity index (χ4n) is 3.55. The van der Waals surface area contributed by atoms with Crippen LogP contribution in [0.4, 0.5) is 0 Å². The molecule has 0 radical (unpaired) electrons. The molecule has 1 fully saturated rings. The number of aliphatic hydroxyl groups excluding tert-OH is 1. The van der Waals surface area contributed by atoms with E-state index in [1.165, 1.54) is 0 Å². The molecule has 1 saturated heterocycles. The minimum Gasteiger partial charge on any atom is -0.506 e. The lowest BCUT2D eigenvalue weighted by molar-refractivity contribution is -0.130. The summed E-state index contributed by atoms with van der Waals surface area (Å²) < 4.78 is 0. The highest BCUT2D eigenvalue weighted by Crippen LogP contribution is 2.28. The van der Waals surface area contributed by atoms with Crippen LogP contribution in [0.5, 0.6) is 0 Å². The van der Waals surface area contributed by atoms with E-state index < -0.39 is 5.60 Å². The normalized spacial score (nSPS) is 17.0. The van der Waals surface area contributed by atoms with Crippen molar-refractivity contribution in [3.8, 4) is 0 Å². The second-order valence-electron chi connectivity index (χ2n) is 7.45. The molecule has 2 aromatic carbocycles. The molecule has 1 amide bonds. The van der Waals surface area contributed by atoms with Crippen LogP contribution in [0.15, 0.2) is 60.2 Å². The van der Waals surface area contributed by atoms with Gasteiger partial charge in [-0.3, -0.25) is 4.79 Å². The van der Waals surface area contributed by atoms with E-state index in [0.717, 1.165) is 17.3 Å². The van der Waals surface area contributed by atoms with Gasteiger partial charge in [-0.1, -0.05) is 60.2 Å². The largest absolute Gasteiger partial charge is 0.506 e. The molecule has 0 aliphatic carbocycles. The minimum atomic E-state index is -0.842. The topological polar surface area (TPSA) is 84.6 Å². The number of nitrogens with one attached hydrogen (secondary N) is 1. The Balaban J connectivity index is 1.70. The third-order valence-electron chi connectivity index (χ3n) is 5.31. The zero-order chi connectivity index (χ0) is 20.1. The first-order valence-corrected chi connectivity index (χ1v) is 9.48. The maximum Gasteiger partial charge on any atom is 0.259 e. The molecule has 5 nitrogen and oxygen atoms in total. The molecule has 146 valence electrons. The van der Waals surface area contributed by atoms with Crippen molar-refractivity contribution >= 4 is 17.9 Å². The molecule has 0 spiro atoms. The van der Waals surface area contributed by atoms with Crippen LogP contribution in [0, 0.1) is 12.3 Å². The Bertz CT molecular complexity index is 864. The predicted molar refractivity (Wildman–Crippen MR) is 110 cm³/mol. The number of amides is 1. The summed E-state index contributed by atoms with van der Waals surface area (Å²) in [6.07, 6.45) is 2.38. The van der Waals surface area contributed by atoms with Crippen molar-refractivity contribution in [3.05, 3.63) is 76.9 Å². The number of piperidine rings is 1. The number of hydrogen-bond donors (Lipinski definition) is 3. The quantitative estimate of drug-likeness (QED) is 0.423. The van der Waals surface area contributed by atoms with Crippen molar-refractivity contribution in [2.75, 3.05) is 13.1 Å². The van der Waals surface area contributed by atoms with Crippen molar-refractivity contribution in [1.82, 2.24) is 4.90 Å².